The van der Waals surface area contributed by atoms with Gasteiger partial charge in [0, 0.05) is 6.61 Å². The van der Waals surface area contributed by atoms with Crippen molar-refractivity contribution in [3.63, 3.8) is 0 Å². The molecule has 0 radical (unpaired) electrons. The molecule has 0 aromatic heterocycles. The monoisotopic (exact) mass is 478 g/mol. The number of halogens is 3. The van der Waals surface area contributed by atoms with E-state index >= 15 is 0 Å². The highest BCUT2D eigenvalue weighted by Gasteiger charge is 2.16. The van der Waals surface area contributed by atoms with E-state index in [9.17, 15) is 0 Å². The predicted octanol–water partition coefficient (Wildman–Crippen LogP) is 3.53. The number of unbranched alkanes of at least 4 members (excludes halogenated alkanes) is 1. The topological polar surface area (TPSA) is 46.2 Å². The van der Waals surface area contributed by atoms with E-state index in [1.807, 2.05) is 6.07 Å². The highest BCUT2D eigenvalue weighted by molar-refractivity contribution is 5.86. The zero-order chi connectivity index (χ0) is 17.0. The molecule has 0 aliphatic carbocycles. The van der Waals surface area contributed by atoms with Gasteiger partial charge in [-0.2, -0.15) is 0 Å². The minimum Gasteiger partial charge on any atom is -0.454 e. The fraction of sp³-hybridized carbons (Fsp3) is 0.684. The molecule has 1 aromatic carbocycles. The average Bonchev–Trinajstić information content (AvgIpc) is 3.04. The summed E-state index contributed by atoms with van der Waals surface area (Å²) in [5, 5.41) is 0. The zero-order valence-corrected chi connectivity index (χ0v) is 18.6. The lowest BCUT2D eigenvalue weighted by Gasteiger charge is -2.11. The van der Waals surface area contributed by atoms with E-state index in [0.717, 1.165) is 43.8 Å². The molecule has 9 heteroatoms. The second kappa shape index (κ2) is 20.1. The molecule has 0 N–H and O–H groups in total. The third kappa shape index (κ3) is 11.7. The van der Waals surface area contributed by atoms with Crippen molar-refractivity contribution in [1.29, 1.82) is 0 Å². The first kappa shape index (κ1) is 32.5. The Kier molecular flexibility index (Phi) is 23.3. The highest BCUT2D eigenvalue weighted by atomic mass is 35.5. The van der Waals surface area contributed by atoms with Crippen LogP contribution in [0.5, 0.6) is 11.5 Å². The SMILES string of the molecule is CCCCOCCOCCOCc1cc2c(cc1CCC)OCO2.Cl.Cl.Cl.[SiH4]. The number of benzene rings is 1. The molecule has 0 bridgehead atoms. The van der Waals surface area contributed by atoms with Crippen molar-refractivity contribution in [1.82, 2.24) is 0 Å². The van der Waals surface area contributed by atoms with Crippen molar-refractivity contribution in [2.24, 2.45) is 0 Å². The smallest absolute Gasteiger partial charge is 0.231 e. The first-order valence-corrected chi connectivity index (χ1v) is 8.99. The molecule has 2 rings (SSSR count). The van der Waals surface area contributed by atoms with E-state index < -0.39 is 0 Å². The maximum absolute atomic E-state index is 5.75. The van der Waals surface area contributed by atoms with Gasteiger partial charge in [0.15, 0.2) is 11.5 Å². The second-order valence-electron chi connectivity index (χ2n) is 5.86. The molecular formula is C19H37Cl3O5Si. The quantitative estimate of drug-likeness (QED) is 0.320. The largest absolute Gasteiger partial charge is 0.454 e. The Balaban J connectivity index is -0.00000156. The lowest BCUT2D eigenvalue weighted by molar-refractivity contribution is 0.0101. The van der Waals surface area contributed by atoms with Gasteiger partial charge in [-0.25, -0.2) is 0 Å². The van der Waals surface area contributed by atoms with Gasteiger partial charge in [0.1, 0.15) is 0 Å². The van der Waals surface area contributed by atoms with Crippen LogP contribution in [-0.4, -0.2) is 50.8 Å². The van der Waals surface area contributed by atoms with Crippen molar-refractivity contribution < 1.29 is 23.7 Å². The Hall–Kier alpha value is -0.213. The summed E-state index contributed by atoms with van der Waals surface area (Å²) >= 11 is 0. The van der Waals surface area contributed by atoms with E-state index in [1.54, 1.807) is 0 Å². The number of hydrogen-bond donors (Lipinski definition) is 0. The Morgan fingerprint density at radius 1 is 0.750 bits per heavy atom. The normalized spacial score (nSPS) is 10.9. The fourth-order valence-electron chi connectivity index (χ4n) is 2.53. The van der Waals surface area contributed by atoms with Gasteiger partial charge in [0.05, 0.1) is 33.0 Å². The fourth-order valence-corrected chi connectivity index (χ4v) is 2.53. The average molecular weight is 480 g/mol. The van der Waals surface area contributed by atoms with Gasteiger partial charge in [0.2, 0.25) is 6.79 Å². The number of ether oxygens (including phenoxy) is 5. The van der Waals surface area contributed by atoms with Crippen LogP contribution in [0.1, 0.15) is 44.2 Å². The van der Waals surface area contributed by atoms with Crippen molar-refractivity contribution in [2.75, 3.05) is 39.8 Å². The molecule has 0 saturated heterocycles. The van der Waals surface area contributed by atoms with Gasteiger partial charge in [-0.05, 0) is 47.1 Å². The van der Waals surface area contributed by atoms with E-state index in [0.29, 0.717) is 39.8 Å². The van der Waals surface area contributed by atoms with Gasteiger partial charge in [-0.1, -0.05) is 26.7 Å². The minimum atomic E-state index is 0. The third-order valence-electron chi connectivity index (χ3n) is 3.86. The predicted molar refractivity (Wildman–Crippen MR) is 126 cm³/mol. The first-order chi connectivity index (χ1) is 11.8. The molecule has 1 heterocycles. The summed E-state index contributed by atoms with van der Waals surface area (Å²) in [4.78, 5) is 0. The summed E-state index contributed by atoms with van der Waals surface area (Å²) < 4.78 is 27.6. The summed E-state index contributed by atoms with van der Waals surface area (Å²) in [5.41, 5.74) is 2.44. The third-order valence-corrected chi connectivity index (χ3v) is 3.86. The molecule has 1 aliphatic rings. The van der Waals surface area contributed by atoms with Crippen LogP contribution in [0.4, 0.5) is 0 Å². The van der Waals surface area contributed by atoms with Gasteiger partial charge in [-0.15, -0.1) is 37.2 Å². The van der Waals surface area contributed by atoms with Crippen molar-refractivity contribution in [3.8, 4) is 11.5 Å². The molecule has 0 atom stereocenters. The molecule has 1 aromatic rings. The number of fused-ring (bicyclic) bond motifs is 1. The summed E-state index contributed by atoms with van der Waals surface area (Å²) in [7, 11) is 0. The lowest BCUT2D eigenvalue weighted by atomic mass is 10.0. The molecule has 1 aliphatic heterocycles. The Bertz CT molecular complexity index is 495. The Morgan fingerprint density at radius 3 is 1.86 bits per heavy atom. The van der Waals surface area contributed by atoms with Crippen LogP contribution in [0.15, 0.2) is 12.1 Å². The maximum Gasteiger partial charge on any atom is 0.231 e. The molecule has 28 heavy (non-hydrogen) atoms. The maximum atomic E-state index is 5.75. The van der Waals surface area contributed by atoms with Crippen LogP contribution in [0, 0.1) is 0 Å². The second-order valence-corrected chi connectivity index (χ2v) is 5.86. The number of aryl methyl sites for hydroxylation is 1. The molecule has 0 amide bonds. The van der Waals surface area contributed by atoms with Gasteiger partial charge >= 0.3 is 0 Å². The van der Waals surface area contributed by atoms with Crippen LogP contribution in [0.2, 0.25) is 0 Å². The molecule has 0 spiro atoms. The number of hydrogen-bond acceptors (Lipinski definition) is 5. The number of rotatable bonds is 13. The van der Waals surface area contributed by atoms with Gasteiger partial charge in [-0.3, -0.25) is 0 Å². The Labute approximate surface area is 192 Å². The standard InChI is InChI=1S/C19H30O5.3ClH.H4Si/c1-3-5-7-20-8-9-21-10-11-22-14-17-13-19-18(23-15-24-19)12-16(17)6-4-2;;;;/h12-13H,3-11,14-15H2,1-2H3;3*1H;1H4. The molecule has 168 valence electrons. The van der Waals surface area contributed by atoms with Crippen molar-refractivity contribution in [2.45, 2.75) is 46.1 Å². The van der Waals surface area contributed by atoms with Crippen molar-refractivity contribution in [3.05, 3.63) is 23.3 Å². The van der Waals surface area contributed by atoms with E-state index in [1.165, 1.54) is 11.1 Å². The van der Waals surface area contributed by atoms with Gasteiger partial charge < -0.3 is 23.7 Å². The summed E-state index contributed by atoms with van der Waals surface area (Å²) in [6.07, 6.45) is 4.38. The molecule has 0 saturated carbocycles. The summed E-state index contributed by atoms with van der Waals surface area (Å²) in [6.45, 7) is 8.47. The minimum absolute atomic E-state index is 0. The van der Waals surface area contributed by atoms with Crippen LogP contribution in [0.25, 0.3) is 0 Å². The molecule has 0 fully saturated rings. The van der Waals surface area contributed by atoms with Crippen LogP contribution >= 0.6 is 37.2 Å². The molecular weight excluding hydrogens is 443 g/mol. The van der Waals surface area contributed by atoms with Gasteiger partial charge in [0.25, 0.3) is 0 Å². The lowest BCUT2D eigenvalue weighted by Crippen LogP contribution is -2.10. The zero-order valence-electron chi connectivity index (χ0n) is 16.2. The summed E-state index contributed by atoms with van der Waals surface area (Å²) in [6, 6.07) is 4.12. The highest BCUT2D eigenvalue weighted by Crippen LogP contribution is 2.35. The van der Waals surface area contributed by atoms with Crippen LogP contribution < -0.4 is 9.47 Å². The summed E-state index contributed by atoms with van der Waals surface area (Å²) in [5.74, 6) is 1.66. The van der Waals surface area contributed by atoms with E-state index in [2.05, 4.69) is 19.9 Å². The molecule has 5 nitrogen and oxygen atoms in total. The van der Waals surface area contributed by atoms with Crippen LogP contribution in [-0.2, 0) is 27.2 Å². The van der Waals surface area contributed by atoms with Crippen LogP contribution in [0.3, 0.4) is 0 Å². The Morgan fingerprint density at radius 2 is 1.29 bits per heavy atom. The first-order valence-electron chi connectivity index (χ1n) is 8.99. The molecule has 0 unspecified atom stereocenters. The van der Waals surface area contributed by atoms with E-state index in [4.69, 9.17) is 23.7 Å². The van der Waals surface area contributed by atoms with Crippen molar-refractivity contribution >= 4 is 48.2 Å². The van der Waals surface area contributed by atoms with E-state index in [-0.39, 0.29) is 48.2 Å².